The van der Waals surface area contributed by atoms with Crippen molar-refractivity contribution in [2.75, 3.05) is 32.1 Å². The van der Waals surface area contributed by atoms with E-state index in [-0.39, 0.29) is 0 Å². The molecular formula is C15H24N4. The van der Waals surface area contributed by atoms with Gasteiger partial charge in [-0.2, -0.15) is 0 Å². The third kappa shape index (κ3) is 4.16. The van der Waals surface area contributed by atoms with Crippen LogP contribution in [-0.4, -0.2) is 39.2 Å². The van der Waals surface area contributed by atoms with Crippen molar-refractivity contribution < 1.29 is 0 Å². The summed E-state index contributed by atoms with van der Waals surface area (Å²) >= 11 is 0. The topological polar surface area (TPSA) is 39.7 Å². The number of aliphatic imine (C=N–C) groups is 1. The molecule has 2 atom stereocenters. The van der Waals surface area contributed by atoms with Crippen molar-refractivity contribution in [3.63, 3.8) is 0 Å². The van der Waals surface area contributed by atoms with Crippen LogP contribution in [0.1, 0.15) is 13.3 Å². The van der Waals surface area contributed by atoms with E-state index in [9.17, 15) is 0 Å². The summed E-state index contributed by atoms with van der Waals surface area (Å²) in [5.41, 5.74) is 1.24. The van der Waals surface area contributed by atoms with Gasteiger partial charge in [-0.05, 0) is 24.5 Å². The molecule has 1 aromatic carbocycles. The van der Waals surface area contributed by atoms with E-state index < -0.39 is 0 Å². The van der Waals surface area contributed by atoms with Crippen molar-refractivity contribution in [3.8, 4) is 0 Å². The Morgan fingerprint density at radius 1 is 1.37 bits per heavy atom. The van der Waals surface area contributed by atoms with Crippen LogP contribution in [0.5, 0.6) is 0 Å². The fourth-order valence-corrected chi connectivity index (χ4v) is 2.05. The Bertz CT molecular complexity index is 415. The molecule has 1 fully saturated rings. The Morgan fingerprint density at radius 3 is 2.63 bits per heavy atom. The third-order valence-corrected chi connectivity index (χ3v) is 3.59. The second-order valence-corrected chi connectivity index (χ2v) is 5.22. The summed E-state index contributed by atoms with van der Waals surface area (Å²) in [6.07, 6.45) is 1.25. The van der Waals surface area contributed by atoms with Crippen LogP contribution in [0.2, 0.25) is 0 Å². The lowest BCUT2D eigenvalue weighted by atomic mass is 10.3. The van der Waals surface area contributed by atoms with Crippen LogP contribution < -0.4 is 15.5 Å². The van der Waals surface area contributed by atoms with Gasteiger partial charge in [-0.25, -0.2) is 0 Å². The van der Waals surface area contributed by atoms with Crippen LogP contribution in [0.4, 0.5) is 5.69 Å². The summed E-state index contributed by atoms with van der Waals surface area (Å²) in [5, 5.41) is 6.78. The highest BCUT2D eigenvalue weighted by atomic mass is 15.2. The average molecular weight is 260 g/mol. The lowest BCUT2D eigenvalue weighted by molar-refractivity contribution is 0.750. The lowest BCUT2D eigenvalue weighted by Crippen LogP contribution is -2.42. The largest absolute Gasteiger partial charge is 0.373 e. The number of guanidine groups is 1. The van der Waals surface area contributed by atoms with Gasteiger partial charge in [-0.15, -0.1) is 0 Å². The Morgan fingerprint density at radius 2 is 2.05 bits per heavy atom. The minimum atomic E-state index is 0.609. The first kappa shape index (κ1) is 13.7. The van der Waals surface area contributed by atoms with Gasteiger partial charge in [0.1, 0.15) is 0 Å². The number of rotatable bonds is 5. The molecule has 0 saturated heterocycles. The summed E-state index contributed by atoms with van der Waals surface area (Å²) in [5.74, 6) is 1.70. The monoisotopic (exact) mass is 260 g/mol. The second kappa shape index (κ2) is 6.45. The highest BCUT2D eigenvalue weighted by Crippen LogP contribution is 2.28. The molecule has 0 aliphatic heterocycles. The van der Waals surface area contributed by atoms with E-state index in [0.29, 0.717) is 6.04 Å². The first-order chi connectivity index (χ1) is 9.20. The van der Waals surface area contributed by atoms with Crippen molar-refractivity contribution in [3.05, 3.63) is 30.3 Å². The zero-order valence-electron chi connectivity index (χ0n) is 12.1. The predicted octanol–water partition coefficient (Wildman–Crippen LogP) is 1.70. The Balaban J connectivity index is 1.70. The van der Waals surface area contributed by atoms with E-state index in [1.165, 1.54) is 12.1 Å². The molecular weight excluding hydrogens is 236 g/mol. The molecule has 4 heteroatoms. The van der Waals surface area contributed by atoms with Gasteiger partial charge in [0.05, 0.1) is 0 Å². The van der Waals surface area contributed by atoms with E-state index in [2.05, 4.69) is 58.8 Å². The molecule has 2 unspecified atom stereocenters. The molecule has 1 saturated carbocycles. The molecule has 19 heavy (non-hydrogen) atoms. The summed E-state index contributed by atoms with van der Waals surface area (Å²) in [7, 11) is 3.93. The normalized spacial score (nSPS) is 21.9. The number of nitrogens with zero attached hydrogens (tertiary/aromatic N) is 2. The van der Waals surface area contributed by atoms with E-state index in [1.807, 2.05) is 13.1 Å². The maximum absolute atomic E-state index is 4.25. The molecule has 2 N–H and O–H groups in total. The van der Waals surface area contributed by atoms with Gasteiger partial charge in [0.15, 0.2) is 5.96 Å². The Kier molecular flexibility index (Phi) is 4.66. The molecule has 0 heterocycles. The van der Waals surface area contributed by atoms with Crippen molar-refractivity contribution >= 4 is 11.6 Å². The van der Waals surface area contributed by atoms with Gasteiger partial charge in [0.25, 0.3) is 0 Å². The van der Waals surface area contributed by atoms with Crippen LogP contribution in [0.3, 0.4) is 0 Å². The number of benzene rings is 1. The molecule has 0 radical (unpaired) electrons. The van der Waals surface area contributed by atoms with Crippen LogP contribution in [-0.2, 0) is 0 Å². The average Bonchev–Trinajstić information content (AvgIpc) is 3.13. The first-order valence-corrected chi connectivity index (χ1v) is 6.94. The number of nitrogens with one attached hydrogen (secondary N) is 2. The van der Waals surface area contributed by atoms with Crippen molar-refractivity contribution in [2.24, 2.45) is 10.9 Å². The number of hydrogen-bond acceptors (Lipinski definition) is 2. The minimum absolute atomic E-state index is 0.609. The highest BCUT2D eigenvalue weighted by Gasteiger charge is 2.33. The summed E-state index contributed by atoms with van der Waals surface area (Å²) in [6, 6.07) is 11.0. The summed E-state index contributed by atoms with van der Waals surface area (Å²) < 4.78 is 0. The zero-order valence-corrected chi connectivity index (χ0v) is 12.1. The highest BCUT2D eigenvalue weighted by molar-refractivity contribution is 5.80. The molecule has 2 rings (SSSR count). The first-order valence-electron chi connectivity index (χ1n) is 6.94. The van der Waals surface area contributed by atoms with Crippen molar-refractivity contribution in [1.29, 1.82) is 0 Å². The molecule has 1 aliphatic carbocycles. The van der Waals surface area contributed by atoms with Crippen molar-refractivity contribution in [2.45, 2.75) is 19.4 Å². The summed E-state index contributed by atoms with van der Waals surface area (Å²) in [6.45, 7) is 4.09. The minimum Gasteiger partial charge on any atom is -0.373 e. The van der Waals surface area contributed by atoms with E-state index in [1.54, 1.807) is 0 Å². The number of para-hydroxylation sites is 1. The van der Waals surface area contributed by atoms with Crippen LogP contribution >= 0.6 is 0 Å². The molecule has 0 spiro atoms. The fourth-order valence-electron chi connectivity index (χ4n) is 2.05. The van der Waals surface area contributed by atoms with Gasteiger partial charge < -0.3 is 15.5 Å². The van der Waals surface area contributed by atoms with E-state index in [4.69, 9.17) is 0 Å². The number of likely N-dealkylation sites (N-methyl/N-ethyl adjacent to an activating group) is 1. The molecule has 0 bridgehead atoms. The fraction of sp³-hybridized carbons (Fsp3) is 0.533. The van der Waals surface area contributed by atoms with Gasteiger partial charge in [0.2, 0.25) is 0 Å². The van der Waals surface area contributed by atoms with Gasteiger partial charge in [-0.3, -0.25) is 4.99 Å². The molecule has 1 aromatic rings. The quantitative estimate of drug-likeness (QED) is 0.625. The molecule has 4 nitrogen and oxygen atoms in total. The second-order valence-electron chi connectivity index (χ2n) is 5.22. The Labute approximate surface area is 115 Å². The lowest BCUT2D eigenvalue weighted by Gasteiger charge is -2.20. The number of anilines is 1. The molecule has 1 aliphatic rings. The Hall–Kier alpha value is -1.71. The van der Waals surface area contributed by atoms with E-state index >= 15 is 0 Å². The van der Waals surface area contributed by atoms with Gasteiger partial charge in [-0.1, -0.05) is 25.1 Å². The molecule has 104 valence electrons. The maximum Gasteiger partial charge on any atom is 0.191 e. The van der Waals surface area contributed by atoms with Gasteiger partial charge in [0, 0.05) is 38.9 Å². The van der Waals surface area contributed by atoms with Crippen LogP contribution in [0, 0.1) is 5.92 Å². The van der Waals surface area contributed by atoms with E-state index in [0.717, 1.165) is 25.0 Å². The third-order valence-electron chi connectivity index (χ3n) is 3.59. The maximum atomic E-state index is 4.25. The standard InChI is InChI=1S/C15H24N4/c1-12-11-14(12)18-15(16-2)17-9-10-19(3)13-7-5-4-6-8-13/h4-8,12,14H,9-11H2,1-3H3,(H2,16,17,18). The molecule has 0 aromatic heterocycles. The zero-order chi connectivity index (χ0) is 13.7. The summed E-state index contributed by atoms with van der Waals surface area (Å²) in [4.78, 5) is 6.48. The van der Waals surface area contributed by atoms with Crippen molar-refractivity contribution in [1.82, 2.24) is 10.6 Å². The molecule has 0 amide bonds. The number of hydrogen-bond donors (Lipinski definition) is 2. The van der Waals surface area contributed by atoms with Crippen LogP contribution in [0.15, 0.2) is 35.3 Å². The predicted molar refractivity (Wildman–Crippen MR) is 81.8 cm³/mol. The SMILES string of the molecule is CN=C(NCCN(C)c1ccccc1)NC1CC1C. The van der Waals surface area contributed by atoms with Gasteiger partial charge >= 0.3 is 0 Å². The van der Waals surface area contributed by atoms with Crippen LogP contribution in [0.25, 0.3) is 0 Å². The smallest absolute Gasteiger partial charge is 0.191 e.